The van der Waals surface area contributed by atoms with Crippen LogP contribution >= 0.6 is 0 Å². The highest BCUT2D eigenvalue weighted by atomic mass is 16.5. The van der Waals surface area contributed by atoms with Crippen molar-refractivity contribution in [3.63, 3.8) is 0 Å². The third kappa shape index (κ3) is 3.17. The van der Waals surface area contributed by atoms with Gasteiger partial charge in [-0.05, 0) is 18.4 Å². The third-order valence-corrected chi connectivity index (χ3v) is 6.37. The van der Waals surface area contributed by atoms with Crippen LogP contribution in [0.4, 0.5) is 4.79 Å². The zero-order valence-electron chi connectivity index (χ0n) is 16.3. The Hall–Kier alpha value is -2.41. The standard InChI is InChI=1S/C21H27N3O4/c1-22-20(27)24(19(26)21(22)10-6-3-7-11-21)15-18(25)23-12-13-28-17(14-23)16-8-4-2-5-9-16/h2,4-5,8-9,17H,3,6-7,10-15H2,1H3/t17-/m1/s1. The molecular formula is C21H27N3O4. The highest BCUT2D eigenvalue weighted by Crippen LogP contribution is 2.39. The number of carbonyl (C=O) groups is 3. The van der Waals surface area contributed by atoms with Crippen LogP contribution in [0.25, 0.3) is 0 Å². The maximum absolute atomic E-state index is 13.1. The minimum absolute atomic E-state index is 0.184. The normalized spacial score (nSPS) is 24.9. The Balaban J connectivity index is 1.44. The first-order valence-corrected chi connectivity index (χ1v) is 10.1. The van der Waals surface area contributed by atoms with Crippen molar-refractivity contribution in [1.29, 1.82) is 0 Å². The van der Waals surface area contributed by atoms with Crippen molar-refractivity contribution < 1.29 is 19.1 Å². The number of hydrogen-bond acceptors (Lipinski definition) is 4. The van der Waals surface area contributed by atoms with E-state index in [0.29, 0.717) is 32.5 Å². The number of amides is 4. The van der Waals surface area contributed by atoms with E-state index in [0.717, 1.165) is 29.7 Å². The van der Waals surface area contributed by atoms with Gasteiger partial charge in [0.05, 0.1) is 13.2 Å². The molecule has 3 aliphatic rings. The van der Waals surface area contributed by atoms with Crippen molar-refractivity contribution >= 4 is 17.8 Å². The van der Waals surface area contributed by atoms with Gasteiger partial charge in [0.1, 0.15) is 18.2 Å². The van der Waals surface area contributed by atoms with E-state index in [1.165, 1.54) is 0 Å². The molecule has 1 atom stereocenters. The van der Waals surface area contributed by atoms with Crippen molar-refractivity contribution in [2.45, 2.75) is 43.7 Å². The van der Waals surface area contributed by atoms with Crippen molar-refractivity contribution in [2.24, 2.45) is 0 Å². The second-order valence-electron chi connectivity index (χ2n) is 7.94. The van der Waals surface area contributed by atoms with Crippen LogP contribution in [0.5, 0.6) is 0 Å². The number of nitrogens with zero attached hydrogens (tertiary/aromatic N) is 3. The van der Waals surface area contributed by atoms with Crippen LogP contribution in [0.2, 0.25) is 0 Å². The Morgan fingerprint density at radius 3 is 2.57 bits per heavy atom. The first-order chi connectivity index (χ1) is 13.5. The largest absolute Gasteiger partial charge is 0.370 e. The number of ether oxygens (including phenoxy) is 1. The van der Waals surface area contributed by atoms with Crippen molar-refractivity contribution in [1.82, 2.24) is 14.7 Å². The second-order valence-corrected chi connectivity index (χ2v) is 7.94. The molecule has 0 aromatic heterocycles. The predicted octanol–water partition coefficient (Wildman–Crippen LogP) is 2.18. The number of imide groups is 1. The van der Waals surface area contributed by atoms with E-state index in [-0.39, 0.29) is 30.5 Å². The van der Waals surface area contributed by atoms with Gasteiger partial charge >= 0.3 is 6.03 Å². The first kappa shape index (κ1) is 18.9. The summed E-state index contributed by atoms with van der Waals surface area (Å²) < 4.78 is 5.81. The van der Waals surface area contributed by atoms with Gasteiger partial charge in [-0.1, -0.05) is 49.6 Å². The van der Waals surface area contributed by atoms with Crippen molar-refractivity contribution in [2.75, 3.05) is 33.3 Å². The molecule has 4 amide bonds. The average Bonchev–Trinajstić information content (AvgIpc) is 2.91. The SMILES string of the molecule is CN1C(=O)N(CC(=O)N2CCO[C@@H](c3ccccc3)C2)C(=O)C12CCCCC2. The van der Waals surface area contributed by atoms with Crippen LogP contribution in [0.3, 0.4) is 0 Å². The molecule has 2 aliphatic heterocycles. The summed E-state index contributed by atoms with van der Waals surface area (Å²) >= 11 is 0. The highest BCUT2D eigenvalue weighted by Gasteiger charge is 2.56. The molecule has 3 fully saturated rings. The molecule has 1 aliphatic carbocycles. The fraction of sp³-hybridized carbons (Fsp3) is 0.571. The third-order valence-electron chi connectivity index (χ3n) is 6.37. The predicted molar refractivity (Wildman–Crippen MR) is 102 cm³/mol. The molecule has 2 saturated heterocycles. The summed E-state index contributed by atoms with van der Waals surface area (Å²) in [4.78, 5) is 43.1. The van der Waals surface area contributed by atoms with E-state index in [2.05, 4.69) is 0 Å². The van der Waals surface area contributed by atoms with Crippen LogP contribution in [0, 0.1) is 0 Å². The van der Waals surface area contributed by atoms with E-state index in [1.807, 2.05) is 30.3 Å². The molecule has 0 bridgehead atoms. The van der Waals surface area contributed by atoms with Gasteiger partial charge in [0.25, 0.3) is 5.91 Å². The van der Waals surface area contributed by atoms with Gasteiger partial charge in [-0.2, -0.15) is 0 Å². The lowest BCUT2D eigenvalue weighted by Gasteiger charge is -2.36. The first-order valence-electron chi connectivity index (χ1n) is 10.1. The Morgan fingerprint density at radius 1 is 1.14 bits per heavy atom. The Morgan fingerprint density at radius 2 is 1.86 bits per heavy atom. The summed E-state index contributed by atoms with van der Waals surface area (Å²) in [6.07, 6.45) is 4.15. The molecule has 1 saturated carbocycles. The molecule has 1 spiro atoms. The second kappa shape index (κ2) is 7.54. The Labute approximate surface area is 165 Å². The monoisotopic (exact) mass is 385 g/mol. The van der Waals surface area contributed by atoms with Crippen LogP contribution in [-0.2, 0) is 14.3 Å². The average molecular weight is 385 g/mol. The molecule has 1 aromatic carbocycles. The van der Waals surface area contributed by atoms with E-state index in [4.69, 9.17) is 4.74 Å². The summed E-state index contributed by atoms with van der Waals surface area (Å²) in [5.74, 6) is -0.409. The summed E-state index contributed by atoms with van der Waals surface area (Å²) in [6, 6.07) is 9.44. The molecule has 2 heterocycles. The molecule has 4 rings (SSSR count). The van der Waals surface area contributed by atoms with Crippen molar-refractivity contribution in [3.05, 3.63) is 35.9 Å². The summed E-state index contributed by atoms with van der Waals surface area (Å²) in [6.45, 7) is 1.15. The number of rotatable bonds is 3. The zero-order chi connectivity index (χ0) is 19.7. The molecule has 1 aromatic rings. The highest BCUT2D eigenvalue weighted by molar-refractivity contribution is 6.08. The van der Waals surface area contributed by atoms with Gasteiger partial charge in [-0.25, -0.2) is 4.79 Å². The quantitative estimate of drug-likeness (QED) is 0.748. The lowest BCUT2D eigenvalue weighted by Crippen LogP contribution is -2.50. The van der Waals surface area contributed by atoms with Gasteiger partial charge in [0.2, 0.25) is 5.91 Å². The van der Waals surface area contributed by atoms with E-state index < -0.39 is 5.54 Å². The number of urea groups is 1. The van der Waals surface area contributed by atoms with Gasteiger partial charge < -0.3 is 14.5 Å². The topological polar surface area (TPSA) is 70.2 Å². The fourth-order valence-electron chi connectivity index (χ4n) is 4.65. The fourth-order valence-corrected chi connectivity index (χ4v) is 4.65. The zero-order valence-corrected chi connectivity index (χ0v) is 16.3. The summed E-state index contributed by atoms with van der Waals surface area (Å²) in [5.41, 5.74) is 0.280. The maximum Gasteiger partial charge on any atom is 0.327 e. The summed E-state index contributed by atoms with van der Waals surface area (Å²) in [7, 11) is 1.69. The minimum Gasteiger partial charge on any atom is -0.370 e. The lowest BCUT2D eigenvalue weighted by atomic mass is 9.81. The van der Waals surface area contributed by atoms with Gasteiger partial charge in [0, 0.05) is 13.6 Å². The molecule has 7 heteroatoms. The molecule has 0 N–H and O–H groups in total. The molecule has 0 unspecified atom stereocenters. The minimum atomic E-state index is -0.743. The van der Waals surface area contributed by atoms with Gasteiger partial charge in [-0.3, -0.25) is 14.5 Å². The summed E-state index contributed by atoms with van der Waals surface area (Å²) in [5, 5.41) is 0. The van der Waals surface area contributed by atoms with E-state index >= 15 is 0 Å². The number of morpholine rings is 1. The van der Waals surface area contributed by atoms with E-state index in [9.17, 15) is 14.4 Å². The molecular weight excluding hydrogens is 358 g/mol. The maximum atomic E-state index is 13.1. The number of likely N-dealkylation sites (N-methyl/N-ethyl adjacent to an activating group) is 1. The smallest absolute Gasteiger partial charge is 0.327 e. The van der Waals surface area contributed by atoms with E-state index in [1.54, 1.807) is 16.8 Å². The van der Waals surface area contributed by atoms with Crippen LogP contribution in [0.15, 0.2) is 30.3 Å². The van der Waals surface area contributed by atoms with Gasteiger partial charge in [-0.15, -0.1) is 0 Å². The number of benzene rings is 1. The number of carbonyl (C=O) groups excluding carboxylic acids is 3. The van der Waals surface area contributed by atoms with Crippen LogP contribution in [0.1, 0.15) is 43.8 Å². The Bertz CT molecular complexity index is 760. The molecule has 150 valence electrons. The lowest BCUT2D eigenvalue weighted by molar-refractivity contribution is -0.144. The van der Waals surface area contributed by atoms with Crippen LogP contribution < -0.4 is 0 Å². The molecule has 7 nitrogen and oxygen atoms in total. The number of hydrogen-bond donors (Lipinski definition) is 0. The molecule has 28 heavy (non-hydrogen) atoms. The van der Waals surface area contributed by atoms with Gasteiger partial charge in [0.15, 0.2) is 0 Å². The Kier molecular flexibility index (Phi) is 5.10. The van der Waals surface area contributed by atoms with Crippen LogP contribution in [-0.4, -0.2) is 71.4 Å². The molecule has 0 radical (unpaired) electrons. The van der Waals surface area contributed by atoms with Crippen molar-refractivity contribution in [3.8, 4) is 0 Å².